The van der Waals surface area contributed by atoms with Crippen LogP contribution in [-0.2, 0) is 11.2 Å². The van der Waals surface area contributed by atoms with E-state index < -0.39 is 0 Å². The standard InChI is InChI=1S/C11H13BrFNO/c12-11-4-3-9(13)6-8(11)7-10(15)2-1-5-14/h3-4,6H,1-2,5,7,14H2. The van der Waals surface area contributed by atoms with Crippen LogP contribution < -0.4 is 5.73 Å². The first-order valence-corrected chi connectivity index (χ1v) is 5.58. The summed E-state index contributed by atoms with van der Waals surface area (Å²) in [5, 5.41) is 0. The van der Waals surface area contributed by atoms with Crippen LogP contribution in [0.3, 0.4) is 0 Å². The summed E-state index contributed by atoms with van der Waals surface area (Å²) in [7, 11) is 0. The zero-order valence-electron chi connectivity index (χ0n) is 8.30. The monoisotopic (exact) mass is 273 g/mol. The van der Waals surface area contributed by atoms with Crippen LogP contribution in [0.25, 0.3) is 0 Å². The molecule has 1 aromatic carbocycles. The number of carbonyl (C=O) groups excluding carboxylic acids is 1. The number of ketones is 1. The van der Waals surface area contributed by atoms with Crippen molar-refractivity contribution in [1.82, 2.24) is 0 Å². The van der Waals surface area contributed by atoms with E-state index in [4.69, 9.17) is 5.73 Å². The van der Waals surface area contributed by atoms with Crippen molar-refractivity contribution >= 4 is 21.7 Å². The highest BCUT2D eigenvalue weighted by Crippen LogP contribution is 2.19. The largest absolute Gasteiger partial charge is 0.330 e. The first-order chi connectivity index (χ1) is 7.13. The van der Waals surface area contributed by atoms with Crippen molar-refractivity contribution < 1.29 is 9.18 Å². The van der Waals surface area contributed by atoms with Crippen LogP contribution in [0.2, 0.25) is 0 Å². The van der Waals surface area contributed by atoms with Crippen molar-refractivity contribution in [2.75, 3.05) is 6.54 Å². The molecule has 0 amide bonds. The first-order valence-electron chi connectivity index (χ1n) is 4.79. The van der Waals surface area contributed by atoms with Gasteiger partial charge in [0.05, 0.1) is 0 Å². The minimum atomic E-state index is -0.320. The number of rotatable bonds is 5. The molecule has 4 heteroatoms. The Morgan fingerprint density at radius 3 is 2.87 bits per heavy atom. The van der Waals surface area contributed by atoms with Gasteiger partial charge in [0, 0.05) is 17.3 Å². The number of halogens is 2. The molecule has 0 spiro atoms. The number of benzene rings is 1. The molecule has 0 bridgehead atoms. The fraction of sp³-hybridized carbons (Fsp3) is 0.364. The minimum Gasteiger partial charge on any atom is -0.330 e. The summed E-state index contributed by atoms with van der Waals surface area (Å²) in [5.74, 6) is -0.230. The maximum absolute atomic E-state index is 12.9. The summed E-state index contributed by atoms with van der Waals surface area (Å²) in [5.41, 5.74) is 5.99. The van der Waals surface area contributed by atoms with E-state index in [2.05, 4.69) is 15.9 Å². The number of Topliss-reactive ketones (excluding diaryl/α,β-unsaturated/α-hetero) is 1. The van der Waals surface area contributed by atoms with Crippen LogP contribution >= 0.6 is 15.9 Å². The molecule has 0 heterocycles. The Morgan fingerprint density at radius 1 is 1.47 bits per heavy atom. The third-order valence-corrected chi connectivity index (χ3v) is 2.83. The molecule has 0 aliphatic rings. The molecule has 0 aliphatic carbocycles. The van der Waals surface area contributed by atoms with Gasteiger partial charge in [0.2, 0.25) is 0 Å². The van der Waals surface area contributed by atoms with Crippen molar-refractivity contribution in [2.45, 2.75) is 19.3 Å². The smallest absolute Gasteiger partial charge is 0.137 e. The highest BCUT2D eigenvalue weighted by molar-refractivity contribution is 9.10. The van der Waals surface area contributed by atoms with E-state index in [0.29, 0.717) is 24.9 Å². The fourth-order valence-electron chi connectivity index (χ4n) is 1.28. The third-order valence-electron chi connectivity index (χ3n) is 2.06. The van der Waals surface area contributed by atoms with E-state index in [1.807, 2.05) is 0 Å². The molecule has 2 N–H and O–H groups in total. The molecule has 0 aromatic heterocycles. The summed E-state index contributed by atoms with van der Waals surface area (Å²) in [6, 6.07) is 4.35. The molecule has 15 heavy (non-hydrogen) atoms. The van der Waals surface area contributed by atoms with Gasteiger partial charge in [0.25, 0.3) is 0 Å². The number of carbonyl (C=O) groups is 1. The van der Waals surface area contributed by atoms with Gasteiger partial charge in [-0.25, -0.2) is 4.39 Å². The van der Waals surface area contributed by atoms with Gasteiger partial charge in [-0.1, -0.05) is 15.9 Å². The molecular weight excluding hydrogens is 261 g/mol. The molecule has 0 atom stereocenters. The van der Waals surface area contributed by atoms with Gasteiger partial charge in [-0.15, -0.1) is 0 Å². The highest BCUT2D eigenvalue weighted by atomic mass is 79.9. The highest BCUT2D eigenvalue weighted by Gasteiger charge is 2.07. The van der Waals surface area contributed by atoms with Crippen LogP contribution in [-0.4, -0.2) is 12.3 Å². The second kappa shape index (κ2) is 5.98. The average Bonchev–Trinajstić information content (AvgIpc) is 2.20. The summed E-state index contributed by atoms with van der Waals surface area (Å²) in [6.07, 6.45) is 1.41. The van der Waals surface area contributed by atoms with E-state index in [9.17, 15) is 9.18 Å². The Bertz CT molecular complexity index is 354. The molecule has 0 aliphatic heterocycles. The van der Waals surface area contributed by atoms with Crippen molar-refractivity contribution in [3.8, 4) is 0 Å². The molecule has 0 unspecified atom stereocenters. The molecule has 0 saturated heterocycles. The molecular formula is C11H13BrFNO. The van der Waals surface area contributed by atoms with Gasteiger partial charge >= 0.3 is 0 Å². The van der Waals surface area contributed by atoms with E-state index in [1.165, 1.54) is 12.1 Å². The Balaban J connectivity index is 2.63. The lowest BCUT2D eigenvalue weighted by atomic mass is 10.1. The zero-order chi connectivity index (χ0) is 11.3. The van der Waals surface area contributed by atoms with Crippen LogP contribution in [0.15, 0.2) is 22.7 Å². The summed E-state index contributed by atoms with van der Waals surface area (Å²) < 4.78 is 13.7. The molecule has 0 radical (unpaired) electrons. The molecule has 0 fully saturated rings. The van der Waals surface area contributed by atoms with Crippen molar-refractivity contribution in [3.63, 3.8) is 0 Å². The van der Waals surface area contributed by atoms with Crippen LogP contribution in [0.1, 0.15) is 18.4 Å². The molecule has 1 aromatic rings. The van der Waals surface area contributed by atoms with Crippen LogP contribution in [0.4, 0.5) is 4.39 Å². The van der Waals surface area contributed by atoms with Crippen molar-refractivity contribution in [2.24, 2.45) is 5.73 Å². The van der Waals surface area contributed by atoms with E-state index in [0.717, 1.165) is 4.47 Å². The van der Waals surface area contributed by atoms with Crippen LogP contribution in [0, 0.1) is 5.82 Å². The lowest BCUT2D eigenvalue weighted by Crippen LogP contribution is -2.07. The maximum atomic E-state index is 12.9. The number of hydrogen-bond acceptors (Lipinski definition) is 2. The number of hydrogen-bond donors (Lipinski definition) is 1. The Labute approximate surface area is 96.8 Å². The summed E-state index contributed by atoms with van der Waals surface area (Å²) >= 11 is 3.28. The Kier molecular flexibility index (Phi) is 4.91. The van der Waals surface area contributed by atoms with Gasteiger partial charge in [0.1, 0.15) is 11.6 Å². The first kappa shape index (κ1) is 12.3. The maximum Gasteiger partial charge on any atom is 0.137 e. The lowest BCUT2D eigenvalue weighted by molar-refractivity contribution is -0.118. The van der Waals surface area contributed by atoms with E-state index in [1.54, 1.807) is 6.07 Å². The third kappa shape index (κ3) is 4.10. The van der Waals surface area contributed by atoms with Crippen molar-refractivity contribution in [1.29, 1.82) is 0 Å². The molecule has 1 rings (SSSR count). The lowest BCUT2D eigenvalue weighted by Gasteiger charge is -2.03. The van der Waals surface area contributed by atoms with Crippen LogP contribution in [0.5, 0.6) is 0 Å². The van der Waals surface area contributed by atoms with Gasteiger partial charge in [-0.3, -0.25) is 4.79 Å². The van der Waals surface area contributed by atoms with E-state index >= 15 is 0 Å². The van der Waals surface area contributed by atoms with Gasteiger partial charge in [0.15, 0.2) is 0 Å². The second-order valence-electron chi connectivity index (χ2n) is 3.34. The second-order valence-corrected chi connectivity index (χ2v) is 4.20. The van der Waals surface area contributed by atoms with Gasteiger partial charge in [-0.2, -0.15) is 0 Å². The summed E-state index contributed by atoms with van der Waals surface area (Å²) in [6.45, 7) is 0.510. The normalized spacial score (nSPS) is 10.3. The Morgan fingerprint density at radius 2 is 2.20 bits per heavy atom. The molecule has 0 saturated carbocycles. The topological polar surface area (TPSA) is 43.1 Å². The number of nitrogens with two attached hydrogens (primary N) is 1. The Hall–Kier alpha value is -0.740. The minimum absolute atomic E-state index is 0.0896. The average molecular weight is 274 g/mol. The van der Waals surface area contributed by atoms with Crippen molar-refractivity contribution in [3.05, 3.63) is 34.1 Å². The molecule has 2 nitrogen and oxygen atoms in total. The van der Waals surface area contributed by atoms with Gasteiger partial charge < -0.3 is 5.73 Å². The van der Waals surface area contributed by atoms with E-state index in [-0.39, 0.29) is 18.0 Å². The fourth-order valence-corrected chi connectivity index (χ4v) is 1.67. The predicted octanol–water partition coefficient (Wildman–Crippen LogP) is 2.44. The predicted molar refractivity (Wildman–Crippen MR) is 61.1 cm³/mol. The quantitative estimate of drug-likeness (QED) is 0.896. The zero-order valence-corrected chi connectivity index (χ0v) is 9.89. The molecule has 82 valence electrons. The SMILES string of the molecule is NCCCC(=O)Cc1cc(F)ccc1Br. The summed E-state index contributed by atoms with van der Waals surface area (Å²) in [4.78, 5) is 11.4. The van der Waals surface area contributed by atoms with Gasteiger partial charge in [-0.05, 0) is 36.7 Å².